The van der Waals surface area contributed by atoms with Crippen LogP contribution in [0.4, 0.5) is 18.9 Å². The van der Waals surface area contributed by atoms with E-state index < -0.39 is 6.36 Å². The first-order valence-electron chi connectivity index (χ1n) is 7.46. The molecule has 2 rings (SSSR count). The van der Waals surface area contributed by atoms with Crippen LogP contribution in [0, 0.1) is 11.8 Å². The van der Waals surface area contributed by atoms with Crippen molar-refractivity contribution < 1.29 is 17.9 Å². The van der Waals surface area contributed by atoms with Gasteiger partial charge in [-0.3, -0.25) is 0 Å². The Balaban J connectivity index is 1.90. The molecule has 0 amide bonds. The first kappa shape index (κ1) is 16.0. The summed E-state index contributed by atoms with van der Waals surface area (Å²) in [6.07, 6.45) is -0.170. The maximum Gasteiger partial charge on any atom is 0.573 e. The number of hydrogen-bond donors (Lipinski definition) is 1. The molecule has 21 heavy (non-hydrogen) atoms. The Labute approximate surface area is 123 Å². The zero-order chi connectivity index (χ0) is 15.5. The normalized spacial score (nSPS) is 23.1. The number of rotatable bonds is 4. The number of benzene rings is 1. The Morgan fingerprint density at radius 3 is 2.38 bits per heavy atom. The summed E-state index contributed by atoms with van der Waals surface area (Å²) in [5.41, 5.74) is 0.685. The van der Waals surface area contributed by atoms with Crippen LogP contribution >= 0.6 is 0 Å². The molecule has 0 aromatic heterocycles. The smallest absolute Gasteiger partial charge is 0.406 e. The van der Waals surface area contributed by atoms with Crippen LogP contribution < -0.4 is 10.1 Å². The van der Waals surface area contributed by atoms with E-state index in [4.69, 9.17) is 0 Å². The molecule has 0 spiro atoms. The highest BCUT2D eigenvalue weighted by molar-refractivity contribution is 5.49. The van der Waals surface area contributed by atoms with Gasteiger partial charge in [-0.2, -0.15) is 0 Å². The van der Waals surface area contributed by atoms with Crippen molar-refractivity contribution in [1.82, 2.24) is 0 Å². The van der Waals surface area contributed by atoms with Gasteiger partial charge in [0.2, 0.25) is 0 Å². The summed E-state index contributed by atoms with van der Waals surface area (Å²) in [7, 11) is 0. The van der Waals surface area contributed by atoms with E-state index in [2.05, 4.69) is 23.9 Å². The van der Waals surface area contributed by atoms with Gasteiger partial charge in [-0.25, -0.2) is 0 Å². The van der Waals surface area contributed by atoms with E-state index in [0.29, 0.717) is 17.6 Å². The summed E-state index contributed by atoms with van der Waals surface area (Å²) >= 11 is 0. The fourth-order valence-electron chi connectivity index (χ4n) is 2.95. The molecule has 0 heterocycles. The second-order valence-corrected chi connectivity index (χ2v) is 6.08. The minimum atomic E-state index is -4.64. The van der Waals surface area contributed by atoms with Crippen LogP contribution in [-0.2, 0) is 0 Å². The Kier molecular flexibility index (Phi) is 5.01. The van der Waals surface area contributed by atoms with Gasteiger partial charge in [0.25, 0.3) is 0 Å². The molecule has 0 radical (unpaired) electrons. The molecule has 1 aliphatic carbocycles. The van der Waals surface area contributed by atoms with E-state index in [1.165, 1.54) is 25.0 Å². The Bertz CT molecular complexity index is 451. The van der Waals surface area contributed by atoms with Crippen LogP contribution in [0.3, 0.4) is 0 Å². The Morgan fingerprint density at radius 1 is 1.14 bits per heavy atom. The second-order valence-electron chi connectivity index (χ2n) is 6.08. The maximum atomic E-state index is 12.2. The molecule has 0 bridgehead atoms. The standard InChI is InChI=1S/C16H22F3NO/c1-11(2)12-6-8-13(9-7-12)20-14-4-3-5-15(10-14)21-16(17,18)19/h3-5,10-13,20H,6-9H2,1-2H3. The highest BCUT2D eigenvalue weighted by atomic mass is 19.4. The van der Waals surface area contributed by atoms with Gasteiger partial charge in [0.1, 0.15) is 5.75 Å². The minimum Gasteiger partial charge on any atom is -0.406 e. The summed E-state index contributed by atoms with van der Waals surface area (Å²) in [5.74, 6) is 1.29. The fraction of sp³-hybridized carbons (Fsp3) is 0.625. The number of anilines is 1. The molecule has 5 heteroatoms. The van der Waals surface area contributed by atoms with Gasteiger partial charge in [-0.15, -0.1) is 13.2 Å². The first-order chi connectivity index (χ1) is 9.83. The number of nitrogens with one attached hydrogen (secondary N) is 1. The third kappa shape index (κ3) is 5.14. The molecule has 1 aliphatic rings. The molecule has 2 nitrogen and oxygen atoms in total. The van der Waals surface area contributed by atoms with Gasteiger partial charge in [-0.1, -0.05) is 19.9 Å². The van der Waals surface area contributed by atoms with Gasteiger partial charge in [0, 0.05) is 17.8 Å². The average molecular weight is 301 g/mol. The summed E-state index contributed by atoms with van der Waals surface area (Å²) in [4.78, 5) is 0. The summed E-state index contributed by atoms with van der Waals surface area (Å²) in [6.45, 7) is 4.49. The van der Waals surface area contributed by atoms with Crippen LogP contribution in [0.5, 0.6) is 5.75 Å². The topological polar surface area (TPSA) is 21.3 Å². The van der Waals surface area contributed by atoms with Crippen molar-refractivity contribution in [1.29, 1.82) is 0 Å². The number of ether oxygens (including phenoxy) is 1. The fourth-order valence-corrected chi connectivity index (χ4v) is 2.95. The monoisotopic (exact) mass is 301 g/mol. The van der Waals surface area contributed by atoms with E-state index in [0.717, 1.165) is 18.8 Å². The average Bonchev–Trinajstić information content (AvgIpc) is 2.37. The Hall–Kier alpha value is -1.39. The molecule has 1 N–H and O–H groups in total. The van der Waals surface area contributed by atoms with E-state index in [1.807, 2.05) is 0 Å². The van der Waals surface area contributed by atoms with Crippen LogP contribution in [-0.4, -0.2) is 12.4 Å². The minimum absolute atomic E-state index is 0.177. The lowest BCUT2D eigenvalue weighted by Crippen LogP contribution is -2.27. The van der Waals surface area contributed by atoms with E-state index >= 15 is 0 Å². The van der Waals surface area contributed by atoms with Gasteiger partial charge in [0.15, 0.2) is 0 Å². The number of hydrogen-bond acceptors (Lipinski definition) is 2. The zero-order valence-corrected chi connectivity index (χ0v) is 12.4. The highest BCUT2D eigenvalue weighted by Gasteiger charge is 2.31. The Morgan fingerprint density at radius 2 is 1.81 bits per heavy atom. The SMILES string of the molecule is CC(C)C1CCC(Nc2cccc(OC(F)(F)F)c2)CC1. The van der Waals surface area contributed by atoms with Gasteiger partial charge < -0.3 is 10.1 Å². The molecule has 0 unspecified atom stereocenters. The van der Waals surface area contributed by atoms with Gasteiger partial charge in [0.05, 0.1) is 0 Å². The van der Waals surface area contributed by atoms with Crippen molar-refractivity contribution >= 4 is 5.69 Å². The van der Waals surface area contributed by atoms with Crippen molar-refractivity contribution in [3.05, 3.63) is 24.3 Å². The molecule has 1 fully saturated rings. The van der Waals surface area contributed by atoms with Crippen molar-refractivity contribution in [2.45, 2.75) is 51.9 Å². The van der Waals surface area contributed by atoms with Crippen molar-refractivity contribution in [2.75, 3.05) is 5.32 Å². The van der Waals surface area contributed by atoms with E-state index in [-0.39, 0.29) is 5.75 Å². The lowest BCUT2D eigenvalue weighted by atomic mass is 9.79. The number of halogens is 3. The number of alkyl halides is 3. The summed E-state index contributed by atoms with van der Waals surface area (Å²) in [5, 5.41) is 3.32. The lowest BCUT2D eigenvalue weighted by Gasteiger charge is -2.31. The molecule has 0 aliphatic heterocycles. The van der Waals surface area contributed by atoms with Crippen molar-refractivity contribution in [3.63, 3.8) is 0 Å². The van der Waals surface area contributed by atoms with Gasteiger partial charge in [-0.05, 0) is 49.7 Å². The van der Waals surface area contributed by atoms with E-state index in [1.54, 1.807) is 12.1 Å². The molecular weight excluding hydrogens is 279 g/mol. The zero-order valence-electron chi connectivity index (χ0n) is 12.4. The molecule has 0 atom stereocenters. The van der Waals surface area contributed by atoms with Crippen LogP contribution in [0.1, 0.15) is 39.5 Å². The summed E-state index contributed by atoms with van der Waals surface area (Å²) in [6, 6.07) is 6.40. The second kappa shape index (κ2) is 6.58. The van der Waals surface area contributed by atoms with E-state index in [9.17, 15) is 13.2 Å². The highest BCUT2D eigenvalue weighted by Crippen LogP contribution is 2.32. The molecule has 1 saturated carbocycles. The van der Waals surface area contributed by atoms with Gasteiger partial charge >= 0.3 is 6.36 Å². The molecule has 118 valence electrons. The molecule has 0 saturated heterocycles. The summed E-state index contributed by atoms with van der Waals surface area (Å²) < 4.78 is 40.6. The predicted octanol–water partition coefficient (Wildman–Crippen LogP) is 5.21. The maximum absolute atomic E-state index is 12.2. The third-order valence-corrected chi connectivity index (χ3v) is 4.15. The molecular formula is C16H22F3NO. The third-order valence-electron chi connectivity index (χ3n) is 4.15. The quantitative estimate of drug-likeness (QED) is 0.824. The van der Waals surface area contributed by atoms with Crippen LogP contribution in [0.15, 0.2) is 24.3 Å². The van der Waals surface area contributed by atoms with Crippen molar-refractivity contribution in [3.8, 4) is 5.75 Å². The lowest BCUT2D eigenvalue weighted by molar-refractivity contribution is -0.274. The largest absolute Gasteiger partial charge is 0.573 e. The molecule has 1 aromatic carbocycles. The van der Waals surface area contributed by atoms with Crippen LogP contribution in [0.25, 0.3) is 0 Å². The van der Waals surface area contributed by atoms with Crippen LogP contribution in [0.2, 0.25) is 0 Å². The first-order valence-corrected chi connectivity index (χ1v) is 7.46. The molecule has 1 aromatic rings. The van der Waals surface area contributed by atoms with Crippen molar-refractivity contribution in [2.24, 2.45) is 11.8 Å². The predicted molar refractivity (Wildman–Crippen MR) is 77.3 cm³/mol.